The first-order valence-electron chi connectivity index (χ1n) is 6.75. The number of halogens is 1. The Morgan fingerprint density at radius 3 is 2.68 bits per heavy atom. The number of aryl methyl sites for hydroxylation is 1. The molecular formula is C13H23IN4O. The molecule has 0 amide bonds. The molecule has 19 heavy (non-hydrogen) atoms. The molecule has 0 radical (unpaired) electrons. The van der Waals surface area contributed by atoms with Gasteiger partial charge in [-0.2, -0.15) is 0 Å². The summed E-state index contributed by atoms with van der Waals surface area (Å²) in [6.45, 7) is 11.8. The summed E-state index contributed by atoms with van der Waals surface area (Å²) in [4.78, 5) is 18.5. The van der Waals surface area contributed by atoms with Crippen molar-refractivity contribution >= 4 is 22.6 Å². The van der Waals surface area contributed by atoms with Gasteiger partial charge >= 0.3 is 0 Å². The maximum atomic E-state index is 11.9. The quantitative estimate of drug-likeness (QED) is 0.544. The van der Waals surface area contributed by atoms with Crippen molar-refractivity contribution in [3.8, 4) is 0 Å². The fourth-order valence-corrected chi connectivity index (χ4v) is 2.34. The Balaban J connectivity index is 2.38. The highest BCUT2D eigenvalue weighted by Crippen LogP contribution is 1.96. The number of nitrogens with zero attached hydrogens (tertiary/aromatic N) is 3. The standard InChI is InChI=1S/C13H23IN4O/c1-4-17(5-2)8-6-15-7-9-18-11(3)16-10-12(14)13(18)19/h10,15H,4-9H2,1-3H3. The van der Waals surface area contributed by atoms with Gasteiger partial charge in [-0.1, -0.05) is 13.8 Å². The lowest BCUT2D eigenvalue weighted by atomic mass is 10.4. The molecule has 0 bridgehead atoms. The SMILES string of the molecule is CCN(CC)CCNCCn1c(C)ncc(I)c1=O. The molecule has 1 aromatic rings. The molecule has 108 valence electrons. The van der Waals surface area contributed by atoms with E-state index in [1.165, 1.54) is 0 Å². The fraction of sp³-hybridized carbons (Fsp3) is 0.692. The predicted molar refractivity (Wildman–Crippen MR) is 86.6 cm³/mol. The molecular weight excluding hydrogens is 355 g/mol. The van der Waals surface area contributed by atoms with Crippen LogP contribution in [-0.2, 0) is 6.54 Å². The molecule has 0 atom stereocenters. The average molecular weight is 378 g/mol. The van der Waals surface area contributed by atoms with Gasteiger partial charge < -0.3 is 10.2 Å². The molecule has 5 nitrogen and oxygen atoms in total. The van der Waals surface area contributed by atoms with Crippen molar-refractivity contribution < 1.29 is 0 Å². The lowest BCUT2D eigenvalue weighted by Gasteiger charge is -2.18. The maximum absolute atomic E-state index is 11.9. The van der Waals surface area contributed by atoms with Crippen LogP contribution in [-0.4, -0.2) is 47.2 Å². The van der Waals surface area contributed by atoms with Crippen molar-refractivity contribution in [1.29, 1.82) is 0 Å². The van der Waals surface area contributed by atoms with Gasteiger partial charge in [0.2, 0.25) is 0 Å². The Kier molecular flexibility index (Phi) is 7.55. The van der Waals surface area contributed by atoms with Crippen LogP contribution in [0.3, 0.4) is 0 Å². The summed E-state index contributed by atoms with van der Waals surface area (Å²) in [5.41, 5.74) is 0.0543. The lowest BCUT2D eigenvalue weighted by Crippen LogP contribution is -2.35. The molecule has 0 aromatic carbocycles. The Bertz CT molecular complexity index is 443. The van der Waals surface area contributed by atoms with Gasteiger partial charge in [0.05, 0.1) is 3.57 Å². The smallest absolute Gasteiger partial charge is 0.266 e. The molecule has 1 N–H and O–H groups in total. The van der Waals surface area contributed by atoms with E-state index < -0.39 is 0 Å². The zero-order chi connectivity index (χ0) is 14.3. The predicted octanol–water partition coefficient (Wildman–Crippen LogP) is 1.09. The molecule has 0 aliphatic carbocycles. The number of hydrogen-bond acceptors (Lipinski definition) is 4. The topological polar surface area (TPSA) is 50.2 Å². The van der Waals surface area contributed by atoms with E-state index in [2.05, 4.69) is 29.0 Å². The van der Waals surface area contributed by atoms with Crippen molar-refractivity contribution in [2.45, 2.75) is 27.3 Å². The molecule has 1 rings (SSSR count). The molecule has 1 aromatic heterocycles. The van der Waals surface area contributed by atoms with Gasteiger partial charge in [-0.15, -0.1) is 0 Å². The number of nitrogens with one attached hydrogen (secondary N) is 1. The van der Waals surface area contributed by atoms with Crippen LogP contribution in [0.1, 0.15) is 19.7 Å². The van der Waals surface area contributed by atoms with Gasteiger partial charge in [0.25, 0.3) is 5.56 Å². The highest BCUT2D eigenvalue weighted by Gasteiger charge is 2.04. The normalized spacial score (nSPS) is 11.2. The third kappa shape index (κ3) is 5.19. The van der Waals surface area contributed by atoms with Gasteiger partial charge in [0.1, 0.15) is 5.82 Å². The van der Waals surface area contributed by atoms with Crippen LogP contribution in [0.4, 0.5) is 0 Å². The van der Waals surface area contributed by atoms with E-state index >= 15 is 0 Å². The summed E-state index contributed by atoms with van der Waals surface area (Å²) < 4.78 is 2.40. The third-order valence-electron chi connectivity index (χ3n) is 3.22. The zero-order valence-corrected chi connectivity index (χ0v) is 14.1. The minimum atomic E-state index is 0.0543. The van der Waals surface area contributed by atoms with E-state index in [0.29, 0.717) is 10.1 Å². The van der Waals surface area contributed by atoms with E-state index in [4.69, 9.17) is 0 Å². The van der Waals surface area contributed by atoms with Crippen molar-refractivity contribution in [2.75, 3.05) is 32.7 Å². The lowest BCUT2D eigenvalue weighted by molar-refractivity contribution is 0.301. The van der Waals surface area contributed by atoms with Crippen LogP contribution in [0.25, 0.3) is 0 Å². The van der Waals surface area contributed by atoms with Crippen LogP contribution in [0.2, 0.25) is 0 Å². The molecule has 0 saturated carbocycles. The molecule has 1 heterocycles. The van der Waals surface area contributed by atoms with E-state index in [9.17, 15) is 4.79 Å². The Hall–Kier alpha value is -0.470. The van der Waals surface area contributed by atoms with Gasteiger partial charge in [0.15, 0.2) is 0 Å². The van der Waals surface area contributed by atoms with Gasteiger partial charge in [-0.05, 0) is 42.6 Å². The van der Waals surface area contributed by atoms with Crippen LogP contribution in [0.15, 0.2) is 11.0 Å². The second-order valence-corrected chi connectivity index (χ2v) is 5.55. The van der Waals surface area contributed by atoms with Gasteiger partial charge in [-0.25, -0.2) is 4.98 Å². The first-order valence-corrected chi connectivity index (χ1v) is 7.83. The summed E-state index contributed by atoms with van der Waals surface area (Å²) in [5, 5.41) is 3.38. The average Bonchev–Trinajstić information content (AvgIpc) is 2.42. The maximum Gasteiger partial charge on any atom is 0.266 e. The number of aromatic nitrogens is 2. The molecule has 0 unspecified atom stereocenters. The number of rotatable bonds is 8. The summed E-state index contributed by atoms with van der Waals surface area (Å²) in [7, 11) is 0. The van der Waals surface area contributed by atoms with Gasteiger partial charge in [-0.3, -0.25) is 9.36 Å². The van der Waals surface area contributed by atoms with E-state index in [-0.39, 0.29) is 5.56 Å². The van der Waals surface area contributed by atoms with Crippen LogP contribution in [0, 0.1) is 10.5 Å². The molecule has 0 aliphatic heterocycles. The first-order chi connectivity index (χ1) is 9.10. The second kappa shape index (κ2) is 8.65. The Morgan fingerprint density at radius 2 is 2.05 bits per heavy atom. The van der Waals surface area contributed by atoms with Crippen molar-refractivity contribution in [2.24, 2.45) is 0 Å². The fourth-order valence-electron chi connectivity index (χ4n) is 1.91. The van der Waals surface area contributed by atoms with E-state index in [1.54, 1.807) is 10.8 Å². The van der Waals surface area contributed by atoms with Crippen LogP contribution >= 0.6 is 22.6 Å². The summed E-state index contributed by atoms with van der Waals surface area (Å²) in [6, 6.07) is 0. The van der Waals surface area contributed by atoms with Crippen molar-refractivity contribution in [3.63, 3.8) is 0 Å². The molecule has 0 spiro atoms. The second-order valence-electron chi connectivity index (χ2n) is 4.39. The molecule has 6 heteroatoms. The first kappa shape index (κ1) is 16.6. The van der Waals surface area contributed by atoms with Crippen molar-refractivity contribution in [3.05, 3.63) is 25.9 Å². The molecule has 0 fully saturated rings. The summed E-state index contributed by atoms with van der Waals surface area (Å²) in [5.74, 6) is 0.774. The van der Waals surface area contributed by atoms with Crippen LogP contribution in [0.5, 0.6) is 0 Å². The Labute approximate surface area is 128 Å². The highest BCUT2D eigenvalue weighted by atomic mass is 127. The summed E-state index contributed by atoms with van der Waals surface area (Å²) >= 11 is 2.03. The zero-order valence-electron chi connectivity index (χ0n) is 11.9. The number of hydrogen-bond donors (Lipinski definition) is 1. The Morgan fingerprint density at radius 1 is 1.37 bits per heavy atom. The highest BCUT2D eigenvalue weighted by molar-refractivity contribution is 14.1. The minimum Gasteiger partial charge on any atom is -0.314 e. The molecule has 0 aliphatic rings. The van der Waals surface area contributed by atoms with E-state index in [0.717, 1.165) is 38.5 Å². The minimum absolute atomic E-state index is 0.0543. The summed E-state index contributed by atoms with van der Waals surface area (Å²) in [6.07, 6.45) is 1.63. The van der Waals surface area contributed by atoms with Gasteiger partial charge in [0, 0.05) is 32.4 Å². The number of likely N-dealkylation sites (N-methyl/N-ethyl adjacent to an activating group) is 1. The van der Waals surface area contributed by atoms with Crippen molar-refractivity contribution in [1.82, 2.24) is 19.8 Å². The third-order valence-corrected chi connectivity index (χ3v) is 3.96. The largest absolute Gasteiger partial charge is 0.314 e. The van der Waals surface area contributed by atoms with Crippen LogP contribution < -0.4 is 10.9 Å². The molecule has 0 saturated heterocycles. The van der Waals surface area contributed by atoms with E-state index in [1.807, 2.05) is 29.5 Å². The monoisotopic (exact) mass is 378 g/mol.